The van der Waals surface area contributed by atoms with Gasteiger partial charge < -0.3 is 10.1 Å². The predicted molar refractivity (Wildman–Crippen MR) is 130 cm³/mol. The van der Waals surface area contributed by atoms with E-state index < -0.39 is 15.9 Å². The Hall–Kier alpha value is -2.84. The van der Waals surface area contributed by atoms with Gasteiger partial charge in [-0.2, -0.15) is 0 Å². The number of carbonyl (C=O) groups is 1. The maximum Gasteiger partial charge on any atom is 0.264 e. The van der Waals surface area contributed by atoms with Gasteiger partial charge >= 0.3 is 0 Å². The SMILES string of the molecule is Cc1cc(C)cc(OCCNC(=O)CN(c2ccc(Br)cc2)S(=O)(=O)c2ccccc2)c1. The van der Waals surface area contributed by atoms with E-state index in [1.165, 1.54) is 12.1 Å². The van der Waals surface area contributed by atoms with Crippen LogP contribution < -0.4 is 14.4 Å². The quantitative estimate of drug-likeness (QED) is 0.426. The van der Waals surface area contributed by atoms with Crippen LogP contribution in [0.3, 0.4) is 0 Å². The second kappa shape index (κ2) is 10.7. The summed E-state index contributed by atoms with van der Waals surface area (Å²) in [6, 6.07) is 20.7. The molecule has 32 heavy (non-hydrogen) atoms. The van der Waals surface area contributed by atoms with Crippen LogP contribution in [0.25, 0.3) is 0 Å². The minimum Gasteiger partial charge on any atom is -0.492 e. The van der Waals surface area contributed by atoms with Crippen molar-refractivity contribution in [2.24, 2.45) is 0 Å². The van der Waals surface area contributed by atoms with Crippen molar-refractivity contribution in [1.29, 1.82) is 0 Å². The lowest BCUT2D eigenvalue weighted by atomic mass is 10.1. The van der Waals surface area contributed by atoms with Gasteiger partial charge in [0.15, 0.2) is 0 Å². The molecule has 0 aromatic heterocycles. The Bertz CT molecular complexity index is 1150. The van der Waals surface area contributed by atoms with Crippen LogP contribution in [0.1, 0.15) is 11.1 Å². The highest BCUT2D eigenvalue weighted by atomic mass is 79.9. The first-order valence-electron chi connectivity index (χ1n) is 10.1. The van der Waals surface area contributed by atoms with Crippen molar-refractivity contribution >= 4 is 37.5 Å². The minimum atomic E-state index is -3.92. The summed E-state index contributed by atoms with van der Waals surface area (Å²) in [5, 5.41) is 2.74. The average molecular weight is 517 g/mol. The molecule has 0 heterocycles. The number of anilines is 1. The number of rotatable bonds is 9. The number of hydrogen-bond donors (Lipinski definition) is 1. The third-order valence-corrected chi connectivity index (χ3v) is 6.94. The first-order valence-corrected chi connectivity index (χ1v) is 12.3. The summed E-state index contributed by atoms with van der Waals surface area (Å²) < 4.78 is 34.1. The minimum absolute atomic E-state index is 0.119. The van der Waals surface area contributed by atoms with Crippen molar-refractivity contribution in [2.45, 2.75) is 18.7 Å². The van der Waals surface area contributed by atoms with E-state index >= 15 is 0 Å². The maximum atomic E-state index is 13.2. The van der Waals surface area contributed by atoms with Crippen molar-refractivity contribution in [3.8, 4) is 5.75 Å². The number of nitrogens with one attached hydrogen (secondary N) is 1. The normalized spacial score (nSPS) is 11.1. The first kappa shape index (κ1) is 23.8. The second-order valence-corrected chi connectivity index (χ2v) is 10.1. The summed E-state index contributed by atoms with van der Waals surface area (Å²) in [5.74, 6) is 0.316. The molecule has 1 amide bonds. The molecule has 3 aromatic rings. The van der Waals surface area contributed by atoms with Gasteiger partial charge in [-0.15, -0.1) is 0 Å². The van der Waals surface area contributed by atoms with Crippen LogP contribution in [0, 0.1) is 13.8 Å². The molecule has 0 aliphatic rings. The van der Waals surface area contributed by atoms with Crippen molar-refractivity contribution in [2.75, 3.05) is 24.0 Å². The van der Waals surface area contributed by atoms with Crippen LogP contribution in [0.5, 0.6) is 5.75 Å². The van der Waals surface area contributed by atoms with Crippen molar-refractivity contribution in [3.05, 3.63) is 88.4 Å². The van der Waals surface area contributed by atoms with Crippen molar-refractivity contribution in [3.63, 3.8) is 0 Å². The molecule has 0 aliphatic heterocycles. The summed E-state index contributed by atoms with van der Waals surface area (Å²) >= 11 is 3.35. The third kappa shape index (κ3) is 6.34. The molecular formula is C24H25BrN2O4S. The fourth-order valence-corrected chi connectivity index (χ4v) is 4.91. The largest absolute Gasteiger partial charge is 0.492 e. The molecule has 168 valence electrons. The van der Waals surface area contributed by atoms with Gasteiger partial charge in [0, 0.05) is 4.47 Å². The zero-order valence-electron chi connectivity index (χ0n) is 17.9. The molecule has 0 saturated heterocycles. The number of carbonyl (C=O) groups excluding carboxylic acids is 1. The molecule has 6 nitrogen and oxygen atoms in total. The van der Waals surface area contributed by atoms with Gasteiger partial charge in [-0.1, -0.05) is 40.2 Å². The van der Waals surface area contributed by atoms with Gasteiger partial charge in [0.1, 0.15) is 18.9 Å². The molecule has 3 aromatic carbocycles. The van der Waals surface area contributed by atoms with Crippen molar-refractivity contribution < 1.29 is 17.9 Å². The van der Waals surface area contributed by atoms with Gasteiger partial charge in [-0.25, -0.2) is 8.42 Å². The maximum absolute atomic E-state index is 13.2. The molecule has 0 radical (unpaired) electrons. The molecule has 0 unspecified atom stereocenters. The van der Waals surface area contributed by atoms with Gasteiger partial charge in [-0.3, -0.25) is 9.10 Å². The molecule has 0 bridgehead atoms. The van der Waals surface area contributed by atoms with E-state index in [-0.39, 0.29) is 24.6 Å². The Morgan fingerprint density at radius 1 is 0.969 bits per heavy atom. The number of hydrogen-bond acceptors (Lipinski definition) is 4. The van der Waals surface area contributed by atoms with E-state index in [1.807, 2.05) is 26.0 Å². The second-order valence-electron chi connectivity index (χ2n) is 7.32. The Morgan fingerprint density at radius 2 is 1.59 bits per heavy atom. The summed E-state index contributed by atoms with van der Waals surface area (Å²) in [6.07, 6.45) is 0. The fraction of sp³-hybridized carbons (Fsp3) is 0.208. The number of aryl methyl sites for hydroxylation is 2. The molecule has 8 heteroatoms. The molecule has 0 atom stereocenters. The lowest BCUT2D eigenvalue weighted by Gasteiger charge is -2.24. The van der Waals surface area contributed by atoms with Gasteiger partial charge in [0.05, 0.1) is 17.1 Å². The number of halogens is 1. The van der Waals surface area contributed by atoms with E-state index in [0.717, 1.165) is 25.7 Å². The fourth-order valence-electron chi connectivity index (χ4n) is 3.20. The monoisotopic (exact) mass is 516 g/mol. The summed E-state index contributed by atoms with van der Waals surface area (Å²) in [6.45, 7) is 4.17. The molecule has 0 spiro atoms. The molecule has 3 rings (SSSR count). The Labute approximate surface area is 197 Å². The summed E-state index contributed by atoms with van der Waals surface area (Å²) in [7, 11) is -3.92. The topological polar surface area (TPSA) is 75.7 Å². The number of benzene rings is 3. The molecule has 0 fully saturated rings. The number of sulfonamides is 1. The van der Waals surface area contributed by atoms with E-state index in [1.54, 1.807) is 42.5 Å². The molecule has 0 saturated carbocycles. The van der Waals surface area contributed by atoms with Gasteiger partial charge in [-0.05, 0) is 73.5 Å². The van der Waals surface area contributed by atoms with Crippen LogP contribution in [-0.4, -0.2) is 34.0 Å². The highest BCUT2D eigenvalue weighted by molar-refractivity contribution is 9.10. The summed E-state index contributed by atoms with van der Waals surface area (Å²) in [5.41, 5.74) is 2.60. The van der Waals surface area contributed by atoms with Crippen LogP contribution in [0.4, 0.5) is 5.69 Å². The Kier molecular flexibility index (Phi) is 7.93. The van der Waals surface area contributed by atoms with Crippen molar-refractivity contribution in [1.82, 2.24) is 5.32 Å². The standard InChI is InChI=1S/C24H25BrN2O4S/c1-18-14-19(2)16-22(15-18)31-13-12-26-24(28)17-27(21-10-8-20(25)9-11-21)32(29,30)23-6-4-3-5-7-23/h3-11,14-16H,12-13,17H2,1-2H3,(H,26,28). The van der Waals surface area contributed by atoms with Crippen LogP contribution in [-0.2, 0) is 14.8 Å². The zero-order valence-corrected chi connectivity index (χ0v) is 20.3. The third-order valence-electron chi connectivity index (χ3n) is 4.62. The van der Waals surface area contributed by atoms with E-state index in [2.05, 4.69) is 27.3 Å². The molecular weight excluding hydrogens is 492 g/mol. The number of amides is 1. The zero-order chi connectivity index (χ0) is 23.1. The Morgan fingerprint density at radius 3 is 2.22 bits per heavy atom. The van der Waals surface area contributed by atoms with E-state index in [9.17, 15) is 13.2 Å². The van der Waals surface area contributed by atoms with Crippen LogP contribution >= 0.6 is 15.9 Å². The van der Waals surface area contributed by atoms with Gasteiger partial charge in [0.2, 0.25) is 5.91 Å². The highest BCUT2D eigenvalue weighted by Crippen LogP contribution is 2.25. The smallest absolute Gasteiger partial charge is 0.264 e. The Balaban J connectivity index is 1.68. The predicted octanol–water partition coefficient (Wildman–Crippen LogP) is 4.46. The average Bonchev–Trinajstić information content (AvgIpc) is 2.76. The number of nitrogens with zero attached hydrogens (tertiary/aromatic N) is 1. The van der Waals surface area contributed by atoms with E-state index in [4.69, 9.17) is 4.74 Å². The lowest BCUT2D eigenvalue weighted by Crippen LogP contribution is -2.41. The molecule has 1 N–H and O–H groups in total. The lowest BCUT2D eigenvalue weighted by molar-refractivity contribution is -0.119. The number of ether oxygens (including phenoxy) is 1. The highest BCUT2D eigenvalue weighted by Gasteiger charge is 2.27. The van der Waals surface area contributed by atoms with Crippen LogP contribution in [0.15, 0.2) is 82.2 Å². The first-order chi connectivity index (χ1) is 15.3. The van der Waals surface area contributed by atoms with Crippen LogP contribution in [0.2, 0.25) is 0 Å². The molecule has 0 aliphatic carbocycles. The van der Waals surface area contributed by atoms with E-state index in [0.29, 0.717) is 5.69 Å². The van der Waals surface area contributed by atoms with Gasteiger partial charge in [0.25, 0.3) is 10.0 Å². The summed E-state index contributed by atoms with van der Waals surface area (Å²) in [4.78, 5) is 12.7.